The largest absolute Gasteiger partial charge is 0.493 e. The van der Waals surface area contributed by atoms with Crippen molar-refractivity contribution in [2.75, 3.05) is 27.4 Å². The van der Waals surface area contributed by atoms with Crippen LogP contribution in [0.15, 0.2) is 18.2 Å². The highest BCUT2D eigenvalue weighted by atomic mass is 16.5. The fourth-order valence-electron chi connectivity index (χ4n) is 3.69. The van der Waals surface area contributed by atoms with Crippen molar-refractivity contribution in [2.45, 2.75) is 59.1 Å². The lowest BCUT2D eigenvalue weighted by Crippen LogP contribution is -2.40. The van der Waals surface area contributed by atoms with Crippen LogP contribution in [0.5, 0.6) is 11.5 Å². The SMILES string of the molecule is COCCOc1cc(C[C@@H](C[C@H](N)[C@@H](O)C[C@H](C(=O)O)C(C)C)C(C)C)ccc1OC. The first kappa shape index (κ1) is 27.2. The molecule has 0 aliphatic rings. The number of ether oxygens (including phenoxy) is 3. The number of methoxy groups -OCH3 is 2. The van der Waals surface area contributed by atoms with Crippen LogP contribution >= 0.6 is 0 Å². The van der Waals surface area contributed by atoms with E-state index in [9.17, 15) is 15.0 Å². The van der Waals surface area contributed by atoms with Crippen molar-refractivity contribution in [3.05, 3.63) is 23.8 Å². The zero-order valence-corrected chi connectivity index (χ0v) is 19.8. The molecule has 7 nitrogen and oxygen atoms in total. The van der Waals surface area contributed by atoms with E-state index in [1.807, 2.05) is 32.0 Å². The van der Waals surface area contributed by atoms with Gasteiger partial charge in [-0.1, -0.05) is 33.8 Å². The number of aliphatic hydroxyl groups is 1. The Labute approximate surface area is 186 Å². The van der Waals surface area contributed by atoms with Crippen molar-refractivity contribution < 1.29 is 29.2 Å². The Morgan fingerprint density at radius 1 is 1.03 bits per heavy atom. The molecule has 4 atom stereocenters. The molecule has 1 rings (SSSR count). The molecule has 0 aromatic heterocycles. The zero-order valence-electron chi connectivity index (χ0n) is 19.8. The summed E-state index contributed by atoms with van der Waals surface area (Å²) in [5.74, 6) is 0.362. The third-order valence-electron chi connectivity index (χ3n) is 5.90. The predicted octanol–water partition coefficient (Wildman–Crippen LogP) is 3.36. The first-order valence-electron chi connectivity index (χ1n) is 11.1. The molecule has 0 saturated heterocycles. The van der Waals surface area contributed by atoms with Crippen LogP contribution < -0.4 is 15.2 Å². The smallest absolute Gasteiger partial charge is 0.306 e. The molecule has 1 aromatic rings. The fourth-order valence-corrected chi connectivity index (χ4v) is 3.69. The highest BCUT2D eigenvalue weighted by molar-refractivity contribution is 5.70. The van der Waals surface area contributed by atoms with Gasteiger partial charge in [0, 0.05) is 13.2 Å². The maximum Gasteiger partial charge on any atom is 0.306 e. The standard InChI is InChI=1S/C24H41NO6/c1-15(2)18(13-20(25)21(26)14-19(16(3)4)24(27)28)11-17-7-8-22(30-6)23(12-17)31-10-9-29-5/h7-8,12,15-16,18-21,26H,9-11,13-14,25H2,1-6H3,(H,27,28)/t18-,19-,20-,21-/m0/s1. The number of carboxylic acids is 1. The number of benzene rings is 1. The molecule has 0 bridgehead atoms. The van der Waals surface area contributed by atoms with E-state index in [-0.39, 0.29) is 18.3 Å². The van der Waals surface area contributed by atoms with Gasteiger partial charge in [-0.2, -0.15) is 0 Å². The number of carboxylic acid groups (broad SMARTS) is 1. The normalized spacial score (nSPS) is 15.5. The van der Waals surface area contributed by atoms with Gasteiger partial charge in [0.25, 0.3) is 0 Å². The summed E-state index contributed by atoms with van der Waals surface area (Å²) in [7, 11) is 3.23. The van der Waals surface area contributed by atoms with Crippen molar-refractivity contribution in [2.24, 2.45) is 29.4 Å². The second-order valence-corrected chi connectivity index (χ2v) is 8.93. The minimum Gasteiger partial charge on any atom is -0.493 e. The van der Waals surface area contributed by atoms with E-state index in [0.717, 1.165) is 12.0 Å². The van der Waals surface area contributed by atoms with Crippen molar-refractivity contribution in [3.63, 3.8) is 0 Å². The van der Waals surface area contributed by atoms with Gasteiger partial charge in [0.1, 0.15) is 6.61 Å². The molecule has 0 saturated carbocycles. The van der Waals surface area contributed by atoms with Gasteiger partial charge in [0.15, 0.2) is 11.5 Å². The molecular formula is C24H41NO6. The predicted molar refractivity (Wildman–Crippen MR) is 122 cm³/mol. The summed E-state index contributed by atoms with van der Waals surface area (Å²) in [4.78, 5) is 11.5. The number of aliphatic carboxylic acids is 1. The summed E-state index contributed by atoms with van der Waals surface area (Å²) in [5.41, 5.74) is 7.41. The number of hydrogen-bond donors (Lipinski definition) is 3. The summed E-state index contributed by atoms with van der Waals surface area (Å²) < 4.78 is 16.2. The topological polar surface area (TPSA) is 111 Å². The Bertz CT molecular complexity index is 663. The second kappa shape index (κ2) is 13.6. The van der Waals surface area contributed by atoms with Gasteiger partial charge in [-0.25, -0.2) is 0 Å². The number of rotatable bonds is 15. The van der Waals surface area contributed by atoms with E-state index in [2.05, 4.69) is 13.8 Å². The maximum absolute atomic E-state index is 11.5. The summed E-state index contributed by atoms with van der Waals surface area (Å²) in [6.45, 7) is 8.90. The van der Waals surface area contributed by atoms with Crippen molar-refractivity contribution in [1.82, 2.24) is 0 Å². The summed E-state index contributed by atoms with van der Waals surface area (Å²) in [5, 5.41) is 20.0. The molecule has 0 aliphatic heterocycles. The van der Waals surface area contributed by atoms with Crippen LogP contribution in [0.4, 0.5) is 0 Å². The molecule has 0 unspecified atom stereocenters. The lowest BCUT2D eigenvalue weighted by molar-refractivity contribution is -0.144. The van der Waals surface area contributed by atoms with Crippen LogP contribution in [-0.4, -0.2) is 55.8 Å². The van der Waals surface area contributed by atoms with Crippen LogP contribution in [0.1, 0.15) is 46.1 Å². The Morgan fingerprint density at radius 3 is 2.23 bits per heavy atom. The van der Waals surface area contributed by atoms with Gasteiger partial charge in [-0.3, -0.25) is 4.79 Å². The summed E-state index contributed by atoms with van der Waals surface area (Å²) in [6, 6.07) is 5.40. The molecular weight excluding hydrogens is 398 g/mol. The van der Waals surface area contributed by atoms with Crippen LogP contribution in [0.25, 0.3) is 0 Å². The van der Waals surface area contributed by atoms with Gasteiger partial charge in [0.2, 0.25) is 0 Å². The van der Waals surface area contributed by atoms with Gasteiger partial charge in [-0.05, 0) is 54.7 Å². The average Bonchev–Trinajstić information content (AvgIpc) is 2.71. The monoisotopic (exact) mass is 439 g/mol. The number of nitrogens with two attached hydrogens (primary N) is 1. The third-order valence-corrected chi connectivity index (χ3v) is 5.90. The quantitative estimate of drug-likeness (QED) is 0.359. The van der Waals surface area contributed by atoms with E-state index in [1.54, 1.807) is 14.2 Å². The van der Waals surface area contributed by atoms with E-state index >= 15 is 0 Å². The maximum atomic E-state index is 11.5. The van der Waals surface area contributed by atoms with Crippen molar-refractivity contribution in [1.29, 1.82) is 0 Å². The van der Waals surface area contributed by atoms with Crippen LogP contribution in [-0.2, 0) is 16.0 Å². The van der Waals surface area contributed by atoms with Crippen LogP contribution in [0.2, 0.25) is 0 Å². The highest BCUT2D eigenvalue weighted by Crippen LogP contribution is 2.31. The second-order valence-electron chi connectivity index (χ2n) is 8.93. The van der Waals surface area contributed by atoms with Gasteiger partial charge >= 0.3 is 5.97 Å². The van der Waals surface area contributed by atoms with Crippen LogP contribution in [0, 0.1) is 23.7 Å². The summed E-state index contributed by atoms with van der Waals surface area (Å²) in [6.07, 6.45) is 0.692. The number of carbonyl (C=O) groups is 1. The van der Waals surface area contributed by atoms with Crippen molar-refractivity contribution >= 4 is 5.97 Å². The molecule has 0 radical (unpaired) electrons. The average molecular weight is 440 g/mol. The van der Waals surface area contributed by atoms with Gasteiger partial charge < -0.3 is 30.2 Å². The highest BCUT2D eigenvalue weighted by Gasteiger charge is 2.29. The molecule has 178 valence electrons. The minimum atomic E-state index is -0.888. The Balaban J connectivity index is 2.86. The molecule has 31 heavy (non-hydrogen) atoms. The van der Waals surface area contributed by atoms with Gasteiger partial charge in [-0.15, -0.1) is 0 Å². The molecule has 0 spiro atoms. The molecule has 7 heteroatoms. The number of hydrogen-bond acceptors (Lipinski definition) is 6. The Morgan fingerprint density at radius 2 is 1.71 bits per heavy atom. The molecule has 0 aliphatic carbocycles. The van der Waals surface area contributed by atoms with Crippen LogP contribution in [0.3, 0.4) is 0 Å². The van der Waals surface area contributed by atoms with Gasteiger partial charge in [0.05, 0.1) is 25.7 Å². The van der Waals surface area contributed by atoms with Crippen molar-refractivity contribution in [3.8, 4) is 11.5 Å². The fraction of sp³-hybridized carbons (Fsp3) is 0.708. The van der Waals surface area contributed by atoms with E-state index < -0.39 is 24.0 Å². The summed E-state index contributed by atoms with van der Waals surface area (Å²) >= 11 is 0. The van der Waals surface area contributed by atoms with E-state index in [0.29, 0.717) is 37.1 Å². The Kier molecular flexibility index (Phi) is 11.9. The van der Waals surface area contributed by atoms with E-state index in [1.165, 1.54) is 0 Å². The van der Waals surface area contributed by atoms with E-state index in [4.69, 9.17) is 19.9 Å². The molecule has 0 amide bonds. The first-order valence-corrected chi connectivity index (χ1v) is 11.1. The molecule has 0 fully saturated rings. The lowest BCUT2D eigenvalue weighted by atomic mass is 9.81. The lowest BCUT2D eigenvalue weighted by Gasteiger charge is -2.29. The third kappa shape index (κ3) is 9.05. The molecule has 4 N–H and O–H groups in total. The molecule has 1 aromatic carbocycles. The Hall–Kier alpha value is -1.83. The number of aliphatic hydroxyl groups excluding tert-OH is 1. The first-order chi connectivity index (χ1) is 14.6. The minimum absolute atomic E-state index is 0.0592. The molecule has 0 heterocycles. The zero-order chi connectivity index (χ0) is 23.6.